The van der Waals surface area contributed by atoms with E-state index in [0.29, 0.717) is 0 Å². The van der Waals surface area contributed by atoms with E-state index in [1.165, 1.54) is 62.6 Å². The van der Waals surface area contributed by atoms with Crippen LogP contribution in [0.1, 0.15) is 0 Å². The number of hydrogen-bond acceptors (Lipinski definition) is 3. The van der Waals surface area contributed by atoms with Gasteiger partial charge in [-0.2, -0.15) is 0 Å². The SMILES string of the molecule is c1ccc(-c2ccc3sc4cccc(Nc5ccc6sc7cccc(-c8ccccc8)c7c6c5)c4c3c2)cc1. The molecular weight excluding hydrogens is 511 g/mol. The molecule has 1 N–H and O–H groups in total. The molecule has 184 valence electrons. The number of anilines is 2. The second-order valence-electron chi connectivity index (χ2n) is 9.84. The summed E-state index contributed by atoms with van der Waals surface area (Å²) in [4.78, 5) is 0. The summed E-state index contributed by atoms with van der Waals surface area (Å²) >= 11 is 3.72. The topological polar surface area (TPSA) is 12.0 Å². The van der Waals surface area contributed by atoms with Crippen molar-refractivity contribution in [2.24, 2.45) is 0 Å². The lowest BCUT2D eigenvalue weighted by Crippen LogP contribution is -1.90. The quantitative estimate of drug-likeness (QED) is 0.237. The molecule has 1 nitrogen and oxygen atoms in total. The smallest absolute Gasteiger partial charge is 0.0478 e. The first-order valence-corrected chi connectivity index (χ1v) is 14.7. The minimum absolute atomic E-state index is 1.11. The Morgan fingerprint density at radius 2 is 1.05 bits per heavy atom. The standard InChI is InChI=1S/C36H23NS2/c1-3-9-23(10-4-1)25-17-19-31-28(21-25)36-30(14-8-16-34(36)39-31)37-26-18-20-32-29(22-26)35-27(13-7-15-33(35)38-32)24-11-5-2-6-12-24/h1-22,37H. The summed E-state index contributed by atoms with van der Waals surface area (Å²) < 4.78 is 5.24. The molecule has 0 amide bonds. The number of benzene rings is 6. The molecule has 0 aliphatic heterocycles. The van der Waals surface area contributed by atoms with Crippen molar-refractivity contribution in [2.75, 3.05) is 5.32 Å². The van der Waals surface area contributed by atoms with E-state index in [0.717, 1.165) is 11.4 Å². The highest BCUT2D eigenvalue weighted by atomic mass is 32.1. The van der Waals surface area contributed by atoms with Gasteiger partial charge in [0.1, 0.15) is 0 Å². The van der Waals surface area contributed by atoms with Crippen LogP contribution in [0.2, 0.25) is 0 Å². The lowest BCUT2D eigenvalue weighted by atomic mass is 9.99. The fourth-order valence-electron chi connectivity index (χ4n) is 5.66. The maximum Gasteiger partial charge on any atom is 0.0478 e. The van der Waals surface area contributed by atoms with Gasteiger partial charge in [-0.05, 0) is 70.8 Å². The van der Waals surface area contributed by atoms with Crippen molar-refractivity contribution >= 4 is 74.4 Å². The van der Waals surface area contributed by atoms with Crippen molar-refractivity contribution in [2.45, 2.75) is 0 Å². The summed E-state index contributed by atoms with van der Waals surface area (Å²) in [5, 5.41) is 9.02. The van der Waals surface area contributed by atoms with Gasteiger partial charge in [-0.1, -0.05) is 84.9 Å². The minimum Gasteiger partial charge on any atom is -0.355 e. The van der Waals surface area contributed by atoms with Gasteiger partial charge in [-0.3, -0.25) is 0 Å². The zero-order chi connectivity index (χ0) is 25.8. The zero-order valence-electron chi connectivity index (χ0n) is 21.0. The molecule has 2 aromatic heterocycles. The van der Waals surface area contributed by atoms with Gasteiger partial charge in [0.05, 0.1) is 0 Å². The van der Waals surface area contributed by atoms with Crippen molar-refractivity contribution in [3.8, 4) is 22.3 Å². The molecule has 3 heteroatoms. The lowest BCUT2D eigenvalue weighted by Gasteiger charge is -2.10. The van der Waals surface area contributed by atoms with E-state index >= 15 is 0 Å². The van der Waals surface area contributed by atoms with Crippen LogP contribution in [0.15, 0.2) is 133 Å². The normalized spacial score (nSPS) is 11.6. The molecule has 8 aromatic rings. The van der Waals surface area contributed by atoms with Crippen LogP contribution in [0.4, 0.5) is 11.4 Å². The van der Waals surface area contributed by atoms with Gasteiger partial charge in [-0.25, -0.2) is 0 Å². The number of rotatable bonds is 4. The molecule has 2 heterocycles. The Morgan fingerprint density at radius 1 is 0.410 bits per heavy atom. The summed E-state index contributed by atoms with van der Waals surface area (Å²) in [6.45, 7) is 0. The minimum atomic E-state index is 1.11. The van der Waals surface area contributed by atoms with Crippen LogP contribution >= 0.6 is 22.7 Å². The van der Waals surface area contributed by atoms with Crippen LogP contribution in [0.5, 0.6) is 0 Å². The average Bonchev–Trinajstić information content (AvgIpc) is 3.56. The van der Waals surface area contributed by atoms with Crippen molar-refractivity contribution in [3.05, 3.63) is 133 Å². The summed E-state index contributed by atoms with van der Waals surface area (Å²) in [6.07, 6.45) is 0. The van der Waals surface area contributed by atoms with Crippen LogP contribution < -0.4 is 5.32 Å². The molecular formula is C36H23NS2. The summed E-state index contributed by atoms with van der Waals surface area (Å²) in [6, 6.07) is 48.2. The van der Waals surface area contributed by atoms with Crippen LogP contribution in [-0.2, 0) is 0 Å². The fourth-order valence-corrected chi connectivity index (χ4v) is 7.88. The number of thiophene rings is 2. The predicted molar refractivity (Wildman–Crippen MR) is 173 cm³/mol. The molecule has 0 unspecified atom stereocenters. The van der Waals surface area contributed by atoms with E-state index in [2.05, 4.69) is 139 Å². The molecule has 0 radical (unpaired) electrons. The fraction of sp³-hybridized carbons (Fsp3) is 0. The average molecular weight is 534 g/mol. The summed E-state index contributed by atoms with van der Waals surface area (Å²) in [5.74, 6) is 0. The molecule has 6 aromatic carbocycles. The number of nitrogens with one attached hydrogen (secondary N) is 1. The van der Waals surface area contributed by atoms with E-state index in [9.17, 15) is 0 Å². The Hall–Kier alpha value is -4.44. The number of hydrogen-bond donors (Lipinski definition) is 1. The molecule has 0 atom stereocenters. The first-order valence-electron chi connectivity index (χ1n) is 13.1. The zero-order valence-corrected chi connectivity index (χ0v) is 22.7. The van der Waals surface area contributed by atoms with E-state index in [1.54, 1.807) is 0 Å². The highest BCUT2D eigenvalue weighted by molar-refractivity contribution is 7.26. The molecule has 8 rings (SSSR count). The first kappa shape index (κ1) is 22.5. The maximum absolute atomic E-state index is 3.80. The van der Waals surface area contributed by atoms with Crippen molar-refractivity contribution in [1.29, 1.82) is 0 Å². The van der Waals surface area contributed by atoms with Crippen molar-refractivity contribution in [3.63, 3.8) is 0 Å². The first-order chi connectivity index (χ1) is 19.3. The van der Waals surface area contributed by atoms with Gasteiger partial charge in [0.25, 0.3) is 0 Å². The van der Waals surface area contributed by atoms with Crippen LogP contribution in [0, 0.1) is 0 Å². The van der Waals surface area contributed by atoms with E-state index < -0.39 is 0 Å². The summed E-state index contributed by atoms with van der Waals surface area (Å²) in [5.41, 5.74) is 7.29. The third-order valence-corrected chi connectivity index (χ3v) is 9.73. The van der Waals surface area contributed by atoms with Crippen LogP contribution in [-0.4, -0.2) is 0 Å². The third kappa shape index (κ3) is 3.82. The van der Waals surface area contributed by atoms with Crippen LogP contribution in [0.25, 0.3) is 62.6 Å². The van der Waals surface area contributed by atoms with Gasteiger partial charge in [0.15, 0.2) is 0 Å². The Bertz CT molecular complexity index is 2140. The van der Waals surface area contributed by atoms with Gasteiger partial charge < -0.3 is 5.32 Å². The highest BCUT2D eigenvalue weighted by Crippen LogP contribution is 2.43. The molecule has 0 bridgehead atoms. The van der Waals surface area contributed by atoms with Gasteiger partial charge in [0.2, 0.25) is 0 Å². The van der Waals surface area contributed by atoms with Gasteiger partial charge in [0, 0.05) is 51.7 Å². The second-order valence-corrected chi connectivity index (χ2v) is 12.0. The largest absolute Gasteiger partial charge is 0.355 e. The van der Waals surface area contributed by atoms with E-state index in [-0.39, 0.29) is 0 Å². The third-order valence-electron chi connectivity index (χ3n) is 7.46. The van der Waals surface area contributed by atoms with Gasteiger partial charge >= 0.3 is 0 Å². The van der Waals surface area contributed by atoms with Crippen molar-refractivity contribution in [1.82, 2.24) is 0 Å². The highest BCUT2D eigenvalue weighted by Gasteiger charge is 2.14. The Labute approximate surface area is 234 Å². The van der Waals surface area contributed by atoms with Gasteiger partial charge in [-0.15, -0.1) is 22.7 Å². The Morgan fingerprint density at radius 3 is 1.82 bits per heavy atom. The van der Waals surface area contributed by atoms with Crippen LogP contribution in [0.3, 0.4) is 0 Å². The van der Waals surface area contributed by atoms with E-state index in [4.69, 9.17) is 0 Å². The summed E-state index contributed by atoms with van der Waals surface area (Å²) in [7, 11) is 0. The van der Waals surface area contributed by atoms with E-state index in [1.807, 2.05) is 22.7 Å². The molecule has 0 spiro atoms. The lowest BCUT2D eigenvalue weighted by molar-refractivity contribution is 1.62. The monoisotopic (exact) mass is 533 g/mol. The second kappa shape index (κ2) is 9.09. The molecule has 39 heavy (non-hydrogen) atoms. The molecule has 0 saturated heterocycles. The van der Waals surface area contributed by atoms with Crippen molar-refractivity contribution < 1.29 is 0 Å². The molecule has 0 saturated carbocycles. The predicted octanol–water partition coefficient (Wildman–Crippen LogP) is 11.5. The Balaban J connectivity index is 1.28. The Kier molecular flexibility index (Phi) is 5.25. The molecule has 0 fully saturated rings. The molecule has 0 aliphatic carbocycles. The molecule has 0 aliphatic rings. The number of fused-ring (bicyclic) bond motifs is 6. The maximum atomic E-state index is 3.80.